The molecule has 1 N–H and O–H groups in total. The lowest BCUT2D eigenvalue weighted by atomic mass is 10.2. The Balaban J connectivity index is 1.71. The molecule has 22 heavy (non-hydrogen) atoms. The van der Waals surface area contributed by atoms with Crippen LogP contribution in [0.4, 0.5) is 0 Å². The summed E-state index contributed by atoms with van der Waals surface area (Å²) in [6.45, 7) is 6.25. The van der Waals surface area contributed by atoms with Gasteiger partial charge in [0.05, 0.1) is 6.54 Å². The zero-order chi connectivity index (χ0) is 14.9. The molecule has 5 heteroatoms. The van der Waals surface area contributed by atoms with E-state index in [2.05, 4.69) is 35.0 Å². The van der Waals surface area contributed by atoms with Crippen LogP contribution in [0, 0.1) is 0 Å². The second kappa shape index (κ2) is 5.57. The van der Waals surface area contributed by atoms with Crippen molar-refractivity contribution >= 4 is 10.9 Å². The smallest absolute Gasteiger partial charge is 0.183 e. The van der Waals surface area contributed by atoms with Crippen LogP contribution in [0.3, 0.4) is 0 Å². The number of aromatic amines is 1. The number of aromatic nitrogens is 4. The van der Waals surface area contributed by atoms with Crippen molar-refractivity contribution in [3.63, 3.8) is 0 Å². The van der Waals surface area contributed by atoms with E-state index in [0.717, 1.165) is 35.8 Å². The van der Waals surface area contributed by atoms with Gasteiger partial charge < -0.3 is 4.98 Å². The van der Waals surface area contributed by atoms with Gasteiger partial charge in [0, 0.05) is 29.2 Å². The average molecular weight is 295 g/mol. The molecule has 2 aromatic heterocycles. The van der Waals surface area contributed by atoms with Crippen LogP contribution < -0.4 is 0 Å². The van der Waals surface area contributed by atoms with Crippen LogP contribution in [-0.2, 0) is 13.1 Å². The molecule has 4 rings (SSSR count). The highest BCUT2D eigenvalue weighted by Gasteiger charge is 2.18. The van der Waals surface area contributed by atoms with Crippen molar-refractivity contribution in [3.8, 4) is 11.4 Å². The van der Waals surface area contributed by atoms with E-state index in [-0.39, 0.29) is 0 Å². The lowest BCUT2D eigenvalue weighted by molar-refractivity contribution is 0.314. The molecule has 0 unspecified atom stereocenters. The summed E-state index contributed by atoms with van der Waals surface area (Å²) >= 11 is 0. The van der Waals surface area contributed by atoms with Crippen molar-refractivity contribution in [1.29, 1.82) is 0 Å². The summed E-state index contributed by atoms with van der Waals surface area (Å²) in [4.78, 5) is 10.6. The van der Waals surface area contributed by atoms with Crippen LogP contribution in [0.1, 0.15) is 25.6 Å². The molecule has 0 radical (unpaired) electrons. The predicted molar refractivity (Wildman–Crippen MR) is 87.5 cm³/mol. The summed E-state index contributed by atoms with van der Waals surface area (Å²) in [5, 5.41) is 5.91. The molecule has 0 atom stereocenters. The second-order valence-electron chi connectivity index (χ2n) is 5.90. The zero-order valence-corrected chi connectivity index (χ0v) is 12.9. The van der Waals surface area contributed by atoms with E-state index >= 15 is 0 Å². The molecule has 0 bridgehead atoms. The molecule has 1 fully saturated rings. The van der Waals surface area contributed by atoms with E-state index in [4.69, 9.17) is 10.1 Å². The topological polar surface area (TPSA) is 49.7 Å². The van der Waals surface area contributed by atoms with E-state index in [9.17, 15) is 0 Å². The fourth-order valence-electron chi connectivity index (χ4n) is 3.26. The van der Waals surface area contributed by atoms with Crippen molar-refractivity contribution in [2.75, 3.05) is 13.1 Å². The first-order valence-electron chi connectivity index (χ1n) is 8.07. The SMILES string of the molecule is CCn1nc(-c2c[nH]c3ccccc23)nc1CN1CCCC1. The van der Waals surface area contributed by atoms with Gasteiger partial charge in [-0.2, -0.15) is 5.10 Å². The third-order valence-corrected chi connectivity index (χ3v) is 4.44. The van der Waals surface area contributed by atoms with Gasteiger partial charge in [0.1, 0.15) is 5.82 Å². The minimum absolute atomic E-state index is 0.827. The van der Waals surface area contributed by atoms with E-state index in [1.54, 1.807) is 0 Å². The molecule has 3 heterocycles. The van der Waals surface area contributed by atoms with E-state index in [1.165, 1.54) is 31.3 Å². The first-order chi connectivity index (χ1) is 10.8. The number of hydrogen-bond acceptors (Lipinski definition) is 3. The van der Waals surface area contributed by atoms with E-state index in [0.29, 0.717) is 0 Å². The van der Waals surface area contributed by atoms with Crippen molar-refractivity contribution in [1.82, 2.24) is 24.6 Å². The first kappa shape index (κ1) is 13.5. The van der Waals surface area contributed by atoms with Gasteiger partial charge in [-0.05, 0) is 38.9 Å². The molecular weight excluding hydrogens is 274 g/mol. The summed E-state index contributed by atoms with van der Waals surface area (Å²) in [5.74, 6) is 1.90. The summed E-state index contributed by atoms with van der Waals surface area (Å²) < 4.78 is 2.04. The normalized spacial score (nSPS) is 15.9. The van der Waals surface area contributed by atoms with Gasteiger partial charge >= 0.3 is 0 Å². The molecule has 3 aromatic rings. The van der Waals surface area contributed by atoms with Crippen LogP contribution in [0.25, 0.3) is 22.3 Å². The van der Waals surface area contributed by atoms with E-state index < -0.39 is 0 Å². The van der Waals surface area contributed by atoms with Crippen molar-refractivity contribution < 1.29 is 0 Å². The lowest BCUT2D eigenvalue weighted by Gasteiger charge is -2.13. The van der Waals surface area contributed by atoms with Gasteiger partial charge in [-0.15, -0.1) is 0 Å². The van der Waals surface area contributed by atoms with Crippen LogP contribution >= 0.6 is 0 Å². The summed E-state index contributed by atoms with van der Waals surface area (Å²) in [5.41, 5.74) is 2.22. The Bertz CT molecular complexity index is 779. The number of nitrogens with one attached hydrogen (secondary N) is 1. The Kier molecular flexibility index (Phi) is 3.42. The van der Waals surface area contributed by atoms with Gasteiger partial charge in [-0.1, -0.05) is 18.2 Å². The minimum atomic E-state index is 0.827. The number of likely N-dealkylation sites (tertiary alicyclic amines) is 1. The molecule has 0 saturated carbocycles. The highest BCUT2D eigenvalue weighted by molar-refractivity contribution is 5.93. The maximum atomic E-state index is 4.83. The van der Waals surface area contributed by atoms with Crippen LogP contribution in [-0.4, -0.2) is 37.7 Å². The second-order valence-corrected chi connectivity index (χ2v) is 5.90. The maximum absolute atomic E-state index is 4.83. The Hall–Kier alpha value is -2.14. The molecule has 1 saturated heterocycles. The van der Waals surface area contributed by atoms with Gasteiger partial charge in [0.15, 0.2) is 5.82 Å². The van der Waals surface area contributed by atoms with Crippen molar-refractivity contribution in [2.45, 2.75) is 32.9 Å². The molecule has 1 aliphatic rings. The highest BCUT2D eigenvalue weighted by Crippen LogP contribution is 2.26. The van der Waals surface area contributed by atoms with Gasteiger partial charge in [0.2, 0.25) is 0 Å². The summed E-state index contributed by atoms with van der Waals surface area (Å²) in [7, 11) is 0. The Morgan fingerprint density at radius 2 is 2.00 bits per heavy atom. The monoisotopic (exact) mass is 295 g/mol. The Morgan fingerprint density at radius 3 is 2.82 bits per heavy atom. The van der Waals surface area contributed by atoms with E-state index in [1.807, 2.05) is 16.9 Å². The average Bonchev–Trinajstić information content (AvgIpc) is 3.26. The zero-order valence-electron chi connectivity index (χ0n) is 12.9. The molecule has 0 aliphatic carbocycles. The maximum Gasteiger partial charge on any atom is 0.183 e. The quantitative estimate of drug-likeness (QED) is 0.805. The first-order valence-corrected chi connectivity index (χ1v) is 8.07. The number of fused-ring (bicyclic) bond motifs is 1. The highest BCUT2D eigenvalue weighted by atomic mass is 15.4. The van der Waals surface area contributed by atoms with Gasteiger partial charge in [-0.3, -0.25) is 4.90 Å². The third-order valence-electron chi connectivity index (χ3n) is 4.44. The molecule has 114 valence electrons. The molecule has 1 aliphatic heterocycles. The van der Waals surface area contributed by atoms with Crippen molar-refractivity contribution in [3.05, 3.63) is 36.3 Å². The summed E-state index contributed by atoms with van der Waals surface area (Å²) in [6.07, 6.45) is 4.62. The lowest BCUT2D eigenvalue weighted by Crippen LogP contribution is -2.21. The Labute approximate surface area is 130 Å². The minimum Gasteiger partial charge on any atom is -0.360 e. The number of rotatable bonds is 4. The van der Waals surface area contributed by atoms with Gasteiger partial charge in [0.25, 0.3) is 0 Å². The Morgan fingerprint density at radius 1 is 1.18 bits per heavy atom. The fraction of sp³-hybridized carbons (Fsp3) is 0.412. The number of nitrogens with zero attached hydrogens (tertiary/aromatic N) is 4. The predicted octanol–water partition coefficient (Wildman–Crippen LogP) is 3.04. The molecular formula is C17H21N5. The number of aryl methyl sites for hydroxylation is 1. The van der Waals surface area contributed by atoms with Gasteiger partial charge in [-0.25, -0.2) is 9.67 Å². The van der Waals surface area contributed by atoms with Crippen LogP contribution in [0.5, 0.6) is 0 Å². The summed E-state index contributed by atoms with van der Waals surface area (Å²) in [6, 6.07) is 8.30. The molecule has 5 nitrogen and oxygen atoms in total. The number of H-pyrrole nitrogens is 1. The number of para-hydroxylation sites is 1. The fourth-order valence-corrected chi connectivity index (χ4v) is 3.26. The molecule has 0 spiro atoms. The third kappa shape index (κ3) is 2.31. The number of hydrogen-bond donors (Lipinski definition) is 1. The number of benzene rings is 1. The molecule has 0 amide bonds. The van der Waals surface area contributed by atoms with Crippen molar-refractivity contribution in [2.24, 2.45) is 0 Å². The van der Waals surface area contributed by atoms with Crippen LogP contribution in [0.15, 0.2) is 30.5 Å². The molecule has 1 aromatic carbocycles. The van der Waals surface area contributed by atoms with Crippen LogP contribution in [0.2, 0.25) is 0 Å². The standard InChI is InChI=1S/C17H21N5/c1-2-22-16(12-21-9-5-6-10-21)19-17(20-22)14-11-18-15-8-4-3-7-13(14)15/h3-4,7-8,11,18H,2,5-6,9-10,12H2,1H3. The largest absolute Gasteiger partial charge is 0.360 e.